The highest BCUT2D eigenvalue weighted by Gasteiger charge is 2.12. The van der Waals surface area contributed by atoms with Crippen LogP contribution in [0.5, 0.6) is 0 Å². The molecular formula is C22H20N8. The van der Waals surface area contributed by atoms with Crippen LogP contribution in [0.2, 0.25) is 0 Å². The van der Waals surface area contributed by atoms with Crippen LogP contribution in [-0.2, 0) is 12.8 Å². The summed E-state index contributed by atoms with van der Waals surface area (Å²) in [5.74, 6) is 1.31. The monoisotopic (exact) mass is 396 g/mol. The van der Waals surface area contributed by atoms with Gasteiger partial charge in [-0.2, -0.15) is 10.1 Å². The lowest BCUT2D eigenvalue weighted by atomic mass is 9.96. The van der Waals surface area contributed by atoms with Gasteiger partial charge in [0.2, 0.25) is 0 Å². The quantitative estimate of drug-likeness (QED) is 0.472. The molecule has 3 heterocycles. The summed E-state index contributed by atoms with van der Waals surface area (Å²) in [4.78, 5) is 8.66. The van der Waals surface area contributed by atoms with Crippen molar-refractivity contribution in [2.75, 3.05) is 0 Å². The average Bonchev–Trinajstić information content (AvgIpc) is 3.48. The number of nitrogens with zero attached hydrogens (tertiary/aromatic N) is 7. The maximum absolute atomic E-state index is 4.45. The number of tetrazole rings is 1. The Morgan fingerprint density at radius 1 is 0.967 bits per heavy atom. The van der Waals surface area contributed by atoms with E-state index in [2.05, 4.69) is 72.9 Å². The van der Waals surface area contributed by atoms with Gasteiger partial charge in [-0.1, -0.05) is 61.9 Å². The van der Waals surface area contributed by atoms with Crippen molar-refractivity contribution < 1.29 is 0 Å². The third-order valence-corrected chi connectivity index (χ3v) is 5.17. The number of fused-ring (bicyclic) bond motifs is 1. The minimum Gasteiger partial charge on any atom is -0.239 e. The minimum atomic E-state index is 0.649. The number of nitrogens with one attached hydrogen (secondary N) is 1. The van der Waals surface area contributed by atoms with Crippen molar-refractivity contribution in [1.82, 2.24) is 40.2 Å². The first-order valence-corrected chi connectivity index (χ1v) is 9.92. The first-order chi connectivity index (χ1) is 14.8. The topological polar surface area (TPSA) is 97.5 Å². The Bertz CT molecular complexity index is 1270. The smallest absolute Gasteiger partial charge is 0.239 e. The molecule has 0 amide bonds. The molecule has 0 aliphatic rings. The molecule has 1 N–H and O–H groups in total. The average molecular weight is 396 g/mol. The van der Waals surface area contributed by atoms with Crippen LogP contribution in [0.3, 0.4) is 0 Å². The molecule has 8 nitrogen and oxygen atoms in total. The number of hydrogen-bond acceptors (Lipinski definition) is 6. The summed E-state index contributed by atoms with van der Waals surface area (Å²) in [6.45, 7) is 2.17. The summed E-state index contributed by atoms with van der Waals surface area (Å²) in [6.07, 6.45) is 6.26. The van der Waals surface area contributed by atoms with Crippen molar-refractivity contribution in [3.8, 4) is 22.5 Å². The van der Waals surface area contributed by atoms with Crippen LogP contribution >= 0.6 is 0 Å². The summed E-state index contributed by atoms with van der Waals surface area (Å²) < 4.78 is 1.86. The number of aryl methyl sites for hydroxylation is 1. The van der Waals surface area contributed by atoms with Gasteiger partial charge in [0.15, 0.2) is 5.82 Å². The van der Waals surface area contributed by atoms with Gasteiger partial charge in [-0.3, -0.25) is 0 Å². The first kappa shape index (κ1) is 18.1. The Kier molecular flexibility index (Phi) is 4.72. The maximum atomic E-state index is 4.45. The molecule has 30 heavy (non-hydrogen) atoms. The van der Waals surface area contributed by atoms with Crippen molar-refractivity contribution in [2.45, 2.75) is 26.2 Å². The predicted octanol–water partition coefficient (Wildman–Crippen LogP) is 3.51. The number of benzene rings is 2. The van der Waals surface area contributed by atoms with Crippen LogP contribution in [0.15, 0.2) is 61.1 Å². The van der Waals surface area contributed by atoms with Gasteiger partial charge in [0.25, 0.3) is 5.78 Å². The van der Waals surface area contributed by atoms with E-state index in [1.54, 1.807) is 6.33 Å². The molecule has 0 saturated carbocycles. The SMILES string of the molecule is CCCc1c(Cc2ccc(-c3ccccc3-c3nnn[nH]3)cc2)cnc2ncnn12. The molecule has 3 aromatic heterocycles. The van der Waals surface area contributed by atoms with Crippen LogP contribution in [0, 0.1) is 0 Å². The zero-order valence-corrected chi connectivity index (χ0v) is 16.5. The number of aromatic nitrogens is 8. The van der Waals surface area contributed by atoms with Gasteiger partial charge in [-0.15, -0.1) is 5.10 Å². The molecule has 0 bridgehead atoms. The lowest BCUT2D eigenvalue weighted by Gasteiger charge is -2.11. The minimum absolute atomic E-state index is 0.649. The molecule has 0 atom stereocenters. The fourth-order valence-corrected chi connectivity index (χ4v) is 3.75. The summed E-state index contributed by atoms with van der Waals surface area (Å²) >= 11 is 0. The second kappa shape index (κ2) is 7.82. The number of hydrogen-bond donors (Lipinski definition) is 1. The third kappa shape index (κ3) is 3.32. The van der Waals surface area contributed by atoms with Gasteiger partial charge in [-0.05, 0) is 39.1 Å². The highest BCUT2D eigenvalue weighted by Crippen LogP contribution is 2.30. The van der Waals surface area contributed by atoms with E-state index in [0.29, 0.717) is 11.6 Å². The van der Waals surface area contributed by atoms with Crippen molar-refractivity contribution in [3.63, 3.8) is 0 Å². The number of rotatable bonds is 6. The van der Waals surface area contributed by atoms with Crippen molar-refractivity contribution in [3.05, 3.63) is 77.9 Å². The molecule has 5 aromatic rings. The van der Waals surface area contributed by atoms with Crippen LogP contribution in [-0.4, -0.2) is 40.2 Å². The molecule has 0 radical (unpaired) electrons. The summed E-state index contributed by atoms with van der Waals surface area (Å²) in [7, 11) is 0. The van der Waals surface area contributed by atoms with Crippen molar-refractivity contribution >= 4 is 5.78 Å². The highest BCUT2D eigenvalue weighted by atomic mass is 15.5. The van der Waals surface area contributed by atoms with E-state index >= 15 is 0 Å². The summed E-state index contributed by atoms with van der Waals surface area (Å²) in [5.41, 5.74) is 6.74. The van der Waals surface area contributed by atoms with Crippen molar-refractivity contribution in [1.29, 1.82) is 0 Å². The standard InChI is InChI=1S/C22H20N8/c1-2-5-20-17(13-23-22-24-14-25-30(20)22)12-15-8-10-16(11-9-15)18-6-3-4-7-19(18)21-26-28-29-27-21/h3-4,6-11,13-14H,2,5,12H2,1H3,(H,26,27,28,29). The third-order valence-electron chi connectivity index (χ3n) is 5.17. The van der Waals surface area contributed by atoms with E-state index < -0.39 is 0 Å². The van der Waals surface area contributed by atoms with E-state index in [0.717, 1.165) is 36.0 Å². The molecule has 0 fully saturated rings. The predicted molar refractivity (Wildman–Crippen MR) is 113 cm³/mol. The van der Waals surface area contributed by atoms with Crippen LogP contribution in [0.1, 0.15) is 30.2 Å². The molecule has 2 aromatic carbocycles. The van der Waals surface area contributed by atoms with Gasteiger partial charge in [0.1, 0.15) is 6.33 Å². The largest absolute Gasteiger partial charge is 0.252 e. The maximum Gasteiger partial charge on any atom is 0.252 e. The molecule has 0 unspecified atom stereocenters. The van der Waals surface area contributed by atoms with E-state index in [4.69, 9.17) is 0 Å². The zero-order valence-electron chi connectivity index (χ0n) is 16.5. The molecule has 0 aliphatic carbocycles. The molecular weight excluding hydrogens is 376 g/mol. The van der Waals surface area contributed by atoms with E-state index in [9.17, 15) is 0 Å². The fourth-order valence-electron chi connectivity index (χ4n) is 3.75. The molecule has 148 valence electrons. The van der Waals surface area contributed by atoms with Crippen LogP contribution < -0.4 is 0 Å². The Morgan fingerprint density at radius 2 is 1.80 bits per heavy atom. The Hall–Kier alpha value is -3.94. The molecule has 8 heteroatoms. The Labute approximate surface area is 173 Å². The lowest BCUT2D eigenvalue weighted by molar-refractivity contribution is 0.777. The molecule has 0 spiro atoms. The van der Waals surface area contributed by atoms with Gasteiger partial charge in [0.05, 0.1) is 5.69 Å². The second-order valence-corrected chi connectivity index (χ2v) is 7.12. The second-order valence-electron chi connectivity index (χ2n) is 7.12. The van der Waals surface area contributed by atoms with E-state index in [-0.39, 0.29) is 0 Å². The van der Waals surface area contributed by atoms with Gasteiger partial charge in [0, 0.05) is 18.2 Å². The summed E-state index contributed by atoms with van der Waals surface area (Å²) in [6, 6.07) is 16.7. The molecule has 0 saturated heterocycles. The van der Waals surface area contributed by atoms with Crippen LogP contribution in [0.4, 0.5) is 0 Å². The first-order valence-electron chi connectivity index (χ1n) is 9.92. The number of aromatic amines is 1. The highest BCUT2D eigenvalue weighted by molar-refractivity contribution is 5.80. The van der Waals surface area contributed by atoms with Gasteiger partial charge in [-0.25, -0.2) is 14.6 Å². The van der Waals surface area contributed by atoms with Gasteiger partial charge >= 0.3 is 0 Å². The Balaban J connectivity index is 1.46. The fraction of sp³-hybridized carbons (Fsp3) is 0.182. The normalized spacial score (nSPS) is 11.2. The van der Waals surface area contributed by atoms with Crippen LogP contribution in [0.25, 0.3) is 28.3 Å². The molecule has 5 rings (SSSR count). The van der Waals surface area contributed by atoms with E-state index in [1.165, 1.54) is 16.8 Å². The number of H-pyrrole nitrogens is 1. The van der Waals surface area contributed by atoms with E-state index in [1.807, 2.05) is 28.9 Å². The zero-order chi connectivity index (χ0) is 20.3. The Morgan fingerprint density at radius 3 is 2.57 bits per heavy atom. The molecule has 0 aliphatic heterocycles. The lowest BCUT2D eigenvalue weighted by Crippen LogP contribution is -2.06. The van der Waals surface area contributed by atoms with Crippen molar-refractivity contribution in [2.24, 2.45) is 0 Å². The van der Waals surface area contributed by atoms with Gasteiger partial charge < -0.3 is 0 Å². The summed E-state index contributed by atoms with van der Waals surface area (Å²) in [5, 5.41) is 18.6.